The van der Waals surface area contributed by atoms with Gasteiger partial charge in [0.05, 0.1) is 24.2 Å². The Morgan fingerprint density at radius 3 is 2.45 bits per heavy atom. The van der Waals surface area contributed by atoms with Crippen LogP contribution in [-0.4, -0.2) is 96.4 Å². The van der Waals surface area contributed by atoms with E-state index in [0.29, 0.717) is 0 Å². The molecule has 2 amide bonds. The lowest BCUT2D eigenvalue weighted by Crippen LogP contribution is -2.73. The van der Waals surface area contributed by atoms with Gasteiger partial charge in [-0.15, -0.1) is 0 Å². The van der Waals surface area contributed by atoms with Crippen molar-refractivity contribution in [2.45, 2.75) is 79.7 Å². The Hall–Kier alpha value is -0.990. The number of piperazine rings is 1. The van der Waals surface area contributed by atoms with Crippen molar-refractivity contribution >= 4 is 55.0 Å². The summed E-state index contributed by atoms with van der Waals surface area (Å²) in [6.45, 7) is 5.80. The molecule has 2 spiro atoms. The molecule has 2 N–H and O–H groups in total. The standard InChI is InChI=1S/C20H26N2O8S3/c1-9-16(3,4)12(25)18(30-9)6-11-17(28,13(18)29-10(2)24)7-19-14(26)21(5)20(8-23,32-33-31-19)15(27)22(11)19/h9,11,13,23,28H,6-8H2,1-5H3/t9-,11+,13-,17-,18+,19+,20+/m0/s1. The fourth-order valence-electron chi connectivity index (χ4n) is 6.10. The second kappa shape index (κ2) is 6.82. The van der Waals surface area contributed by atoms with Crippen LogP contribution in [0.25, 0.3) is 0 Å². The number of ether oxygens (including phenoxy) is 2. The average molecular weight is 519 g/mol. The molecule has 0 radical (unpaired) electrons. The third kappa shape index (κ3) is 2.51. The number of aliphatic hydroxyl groups excluding tert-OH is 1. The zero-order valence-corrected chi connectivity index (χ0v) is 21.3. The monoisotopic (exact) mass is 518 g/mol. The highest BCUT2D eigenvalue weighted by atomic mass is 33.5. The molecule has 0 aromatic heterocycles. The molecule has 0 aromatic rings. The van der Waals surface area contributed by atoms with Crippen LogP contribution in [-0.2, 0) is 28.7 Å². The van der Waals surface area contributed by atoms with Gasteiger partial charge in [0.2, 0.25) is 4.87 Å². The van der Waals surface area contributed by atoms with Gasteiger partial charge in [0.25, 0.3) is 11.8 Å². The number of likely N-dealkylation sites (N-methyl/N-ethyl adjacent to an activating group) is 1. The minimum absolute atomic E-state index is 0.115. The van der Waals surface area contributed by atoms with Crippen LogP contribution in [0.3, 0.4) is 0 Å². The van der Waals surface area contributed by atoms with Crippen LogP contribution in [0.4, 0.5) is 0 Å². The number of fused-ring (bicyclic) bond motifs is 4. The van der Waals surface area contributed by atoms with Gasteiger partial charge in [0.15, 0.2) is 22.4 Å². The lowest BCUT2D eigenvalue weighted by molar-refractivity contribution is -0.189. The van der Waals surface area contributed by atoms with Gasteiger partial charge < -0.3 is 29.5 Å². The summed E-state index contributed by atoms with van der Waals surface area (Å²) in [5.41, 5.74) is -4.45. The molecule has 13 heteroatoms. The predicted molar refractivity (Wildman–Crippen MR) is 121 cm³/mol. The van der Waals surface area contributed by atoms with Gasteiger partial charge in [-0.1, -0.05) is 13.8 Å². The molecule has 7 atom stereocenters. The molecule has 6 aliphatic rings. The van der Waals surface area contributed by atoms with Crippen LogP contribution >= 0.6 is 31.4 Å². The van der Waals surface area contributed by atoms with Crippen molar-refractivity contribution in [1.82, 2.24) is 9.80 Å². The highest BCUT2D eigenvalue weighted by molar-refractivity contribution is 9.10. The van der Waals surface area contributed by atoms with Crippen molar-refractivity contribution in [1.29, 1.82) is 0 Å². The van der Waals surface area contributed by atoms with Crippen LogP contribution in [0.1, 0.15) is 40.5 Å². The largest absolute Gasteiger partial charge is 0.456 e. The number of amides is 2. The van der Waals surface area contributed by atoms with Gasteiger partial charge >= 0.3 is 5.97 Å². The zero-order chi connectivity index (χ0) is 24.4. The molecule has 5 saturated heterocycles. The number of hydrogen-bond acceptors (Lipinski definition) is 11. The Balaban J connectivity index is 1.69. The number of nitrogens with zero attached hydrogens (tertiary/aromatic N) is 2. The number of carbonyl (C=O) groups excluding carboxylic acids is 4. The van der Waals surface area contributed by atoms with E-state index < -0.39 is 69.0 Å². The summed E-state index contributed by atoms with van der Waals surface area (Å²) >= 11 is 0. The van der Waals surface area contributed by atoms with E-state index in [1.807, 2.05) is 0 Å². The Kier molecular flexibility index (Phi) is 4.90. The molecule has 6 rings (SSSR count). The molecule has 33 heavy (non-hydrogen) atoms. The zero-order valence-electron chi connectivity index (χ0n) is 18.8. The molecule has 10 nitrogen and oxygen atoms in total. The molecule has 0 aromatic carbocycles. The summed E-state index contributed by atoms with van der Waals surface area (Å²) in [6.07, 6.45) is -2.26. The maximum atomic E-state index is 13.9. The van der Waals surface area contributed by atoms with Gasteiger partial charge in [0, 0.05) is 26.8 Å². The second-order valence-electron chi connectivity index (χ2n) is 10.1. The number of rotatable bonds is 2. The van der Waals surface area contributed by atoms with Crippen molar-refractivity contribution in [3.8, 4) is 0 Å². The summed E-state index contributed by atoms with van der Waals surface area (Å²) in [4.78, 5) is 52.8. The van der Waals surface area contributed by atoms with E-state index in [1.165, 1.54) is 33.6 Å². The van der Waals surface area contributed by atoms with Gasteiger partial charge in [-0.05, 0) is 38.3 Å². The van der Waals surface area contributed by atoms with Gasteiger partial charge in [-0.2, -0.15) is 0 Å². The SMILES string of the molecule is CC(=O)O[C@H]1[C@]2(O)C[C@]34SSS[C@](CO)(C(=O)N3[C@@H]2C[C@]12O[C@@H](C)C(C)(C)C2=O)N(C)C4=O. The second-order valence-corrected chi connectivity index (χ2v) is 14.5. The minimum atomic E-state index is -1.89. The summed E-state index contributed by atoms with van der Waals surface area (Å²) < 4.78 is 11.8. The highest BCUT2D eigenvalue weighted by Gasteiger charge is 2.83. The Bertz CT molecular complexity index is 994. The smallest absolute Gasteiger partial charge is 0.303 e. The quantitative estimate of drug-likeness (QED) is 0.386. The first kappa shape index (κ1) is 23.7. The third-order valence-corrected chi connectivity index (χ3v) is 13.2. The topological polar surface area (TPSA) is 134 Å². The molecular formula is C20H26N2O8S3. The van der Waals surface area contributed by atoms with Crippen molar-refractivity contribution in [3.05, 3.63) is 0 Å². The van der Waals surface area contributed by atoms with Crippen LogP contribution in [0.2, 0.25) is 0 Å². The van der Waals surface area contributed by atoms with Crippen molar-refractivity contribution in [2.75, 3.05) is 13.7 Å². The van der Waals surface area contributed by atoms with E-state index >= 15 is 0 Å². The molecule has 6 fully saturated rings. The maximum Gasteiger partial charge on any atom is 0.303 e. The first-order valence-corrected chi connectivity index (χ1v) is 14.1. The van der Waals surface area contributed by atoms with Gasteiger partial charge in [-0.3, -0.25) is 19.2 Å². The number of Topliss-reactive ketones (excluding diaryl/α,β-unsaturated/α-hetero) is 1. The Morgan fingerprint density at radius 2 is 1.91 bits per heavy atom. The molecule has 1 saturated carbocycles. The molecule has 0 unspecified atom stereocenters. The van der Waals surface area contributed by atoms with E-state index in [1.54, 1.807) is 20.8 Å². The fourth-order valence-corrected chi connectivity index (χ4v) is 12.0. The van der Waals surface area contributed by atoms with E-state index in [0.717, 1.165) is 21.6 Å². The molecule has 1 aliphatic carbocycles. The molecule has 5 aliphatic heterocycles. The van der Waals surface area contributed by atoms with Gasteiger partial charge in [0.1, 0.15) is 5.60 Å². The Labute approximate surface area is 202 Å². The molecule has 2 bridgehead atoms. The highest BCUT2D eigenvalue weighted by Crippen LogP contribution is 2.69. The van der Waals surface area contributed by atoms with E-state index in [-0.39, 0.29) is 18.6 Å². The van der Waals surface area contributed by atoms with E-state index in [2.05, 4.69) is 0 Å². The van der Waals surface area contributed by atoms with Crippen LogP contribution in [0.15, 0.2) is 0 Å². The van der Waals surface area contributed by atoms with E-state index in [9.17, 15) is 29.4 Å². The third-order valence-electron chi connectivity index (χ3n) is 8.12. The summed E-state index contributed by atoms with van der Waals surface area (Å²) in [5, 5.41) is 22.3. The summed E-state index contributed by atoms with van der Waals surface area (Å²) in [5.74, 6) is -1.96. The first-order chi connectivity index (χ1) is 15.2. The van der Waals surface area contributed by atoms with Crippen LogP contribution in [0, 0.1) is 5.41 Å². The average Bonchev–Trinajstić information content (AvgIpc) is 3.10. The summed E-state index contributed by atoms with van der Waals surface area (Å²) in [7, 11) is 4.90. The van der Waals surface area contributed by atoms with Crippen LogP contribution < -0.4 is 0 Å². The Morgan fingerprint density at radius 1 is 1.24 bits per heavy atom. The number of aliphatic hydroxyl groups is 2. The summed E-state index contributed by atoms with van der Waals surface area (Å²) in [6, 6.07) is -1.02. The fraction of sp³-hybridized carbons (Fsp3) is 0.800. The number of carbonyl (C=O) groups is 4. The van der Waals surface area contributed by atoms with E-state index in [4.69, 9.17) is 9.47 Å². The maximum absolute atomic E-state index is 13.9. The minimum Gasteiger partial charge on any atom is -0.456 e. The number of esters is 1. The number of hydrogen-bond donors (Lipinski definition) is 2. The van der Waals surface area contributed by atoms with Crippen LogP contribution in [0.5, 0.6) is 0 Å². The number of ketones is 1. The first-order valence-electron chi connectivity index (χ1n) is 10.6. The lowest BCUT2D eigenvalue weighted by atomic mass is 9.76. The normalized spacial score (nSPS) is 47.8. The molecule has 182 valence electrons. The lowest BCUT2D eigenvalue weighted by Gasteiger charge is -2.50. The molecular weight excluding hydrogens is 492 g/mol. The predicted octanol–water partition coefficient (Wildman–Crippen LogP) is 0.307. The van der Waals surface area contributed by atoms with Crippen molar-refractivity contribution in [2.24, 2.45) is 5.41 Å². The van der Waals surface area contributed by atoms with Crippen molar-refractivity contribution in [3.63, 3.8) is 0 Å². The van der Waals surface area contributed by atoms with Crippen molar-refractivity contribution < 1.29 is 38.9 Å². The molecule has 5 heterocycles. The van der Waals surface area contributed by atoms with Gasteiger partial charge in [-0.25, -0.2) is 0 Å².